The third-order valence-corrected chi connectivity index (χ3v) is 6.61. The maximum Gasteiger partial charge on any atom is 0.239 e. The normalized spacial score (nSPS) is 14.1. The summed E-state index contributed by atoms with van der Waals surface area (Å²) in [7, 11) is 1.52. The number of aliphatic hydroxyl groups excluding tert-OH is 1. The summed E-state index contributed by atoms with van der Waals surface area (Å²) < 4.78 is 42.3. The van der Waals surface area contributed by atoms with E-state index in [2.05, 4.69) is 36.1 Å². The van der Waals surface area contributed by atoms with Gasteiger partial charge in [0.15, 0.2) is 23.1 Å². The van der Waals surface area contributed by atoms with Crippen molar-refractivity contribution >= 4 is 28.8 Å². The molecule has 1 amide bonds. The molecule has 4 N–H and O–H groups in total. The van der Waals surface area contributed by atoms with Crippen LogP contribution in [0.15, 0.2) is 47.7 Å². The Balaban J connectivity index is 1.63. The first-order chi connectivity index (χ1) is 20.5. The van der Waals surface area contributed by atoms with Gasteiger partial charge in [0.1, 0.15) is 18.1 Å². The molecule has 0 fully saturated rings. The molecule has 0 saturated carbocycles. The fraction of sp³-hybridized carbons (Fsp3) is 0.433. The summed E-state index contributed by atoms with van der Waals surface area (Å²) in [6, 6.07) is 7.46. The minimum Gasteiger partial charge on any atom is -0.493 e. The molecule has 0 unspecified atom stereocenters. The molecule has 0 radical (unpaired) electrons. The molecule has 232 valence electrons. The highest BCUT2D eigenvalue weighted by atomic mass is 19.2. The zero-order valence-electron chi connectivity index (χ0n) is 24.9. The molecule has 0 bridgehead atoms. The van der Waals surface area contributed by atoms with Crippen molar-refractivity contribution in [1.29, 1.82) is 0 Å². The number of aliphatic hydroxyl groups is 1. The first-order valence-electron chi connectivity index (χ1n) is 14.0. The van der Waals surface area contributed by atoms with Crippen LogP contribution in [0.1, 0.15) is 32.8 Å². The summed E-state index contributed by atoms with van der Waals surface area (Å²) in [5, 5.41) is 16.8. The second-order valence-corrected chi connectivity index (χ2v) is 11.4. The fourth-order valence-electron chi connectivity index (χ4n) is 4.90. The van der Waals surface area contributed by atoms with Crippen LogP contribution in [-0.4, -0.2) is 78.2 Å². The molecule has 11 nitrogen and oxygen atoms in total. The molecule has 3 aromatic rings. The van der Waals surface area contributed by atoms with Gasteiger partial charge in [-0.15, -0.1) is 0 Å². The number of halogens is 2. The molecule has 0 aliphatic carbocycles. The smallest absolute Gasteiger partial charge is 0.239 e. The van der Waals surface area contributed by atoms with Crippen LogP contribution in [0.25, 0.3) is 0 Å². The van der Waals surface area contributed by atoms with Gasteiger partial charge in [-0.1, -0.05) is 26.8 Å². The minimum atomic E-state index is -1.02. The van der Waals surface area contributed by atoms with Gasteiger partial charge < -0.3 is 35.4 Å². The first kappa shape index (κ1) is 31.7. The Morgan fingerprint density at radius 1 is 1.23 bits per heavy atom. The summed E-state index contributed by atoms with van der Waals surface area (Å²) in [5.41, 5.74) is 6.97. The van der Waals surface area contributed by atoms with Gasteiger partial charge in [0.2, 0.25) is 5.91 Å². The zero-order chi connectivity index (χ0) is 31.1. The van der Waals surface area contributed by atoms with Crippen LogP contribution in [0.2, 0.25) is 0 Å². The third-order valence-electron chi connectivity index (χ3n) is 6.61. The average molecular weight is 600 g/mol. The number of nitrogens with zero attached hydrogens (tertiary/aromatic N) is 5. The van der Waals surface area contributed by atoms with E-state index in [1.54, 1.807) is 12.1 Å². The van der Waals surface area contributed by atoms with Crippen LogP contribution >= 0.6 is 0 Å². The number of anilines is 2. The Morgan fingerprint density at radius 3 is 2.72 bits per heavy atom. The number of carbonyl (C=O) groups is 1. The number of ether oxygens (including phenoxy) is 2. The van der Waals surface area contributed by atoms with Crippen molar-refractivity contribution < 1.29 is 28.2 Å². The number of nitrogens with one attached hydrogen (secondary N) is 1. The van der Waals surface area contributed by atoms with E-state index < -0.39 is 17.5 Å². The second-order valence-electron chi connectivity index (χ2n) is 11.4. The number of rotatable bonds is 13. The number of nitrogens with two attached hydrogens (primary N) is 1. The molecule has 0 saturated heterocycles. The van der Waals surface area contributed by atoms with Crippen molar-refractivity contribution in [3.05, 3.63) is 59.9 Å². The van der Waals surface area contributed by atoms with Crippen molar-refractivity contribution in [2.45, 2.75) is 33.7 Å². The predicted molar refractivity (Wildman–Crippen MR) is 161 cm³/mol. The van der Waals surface area contributed by atoms with Gasteiger partial charge in [-0.3, -0.25) is 9.48 Å². The molecule has 13 heteroatoms. The Hall–Kier alpha value is -4.23. The number of primary amides is 1. The summed E-state index contributed by atoms with van der Waals surface area (Å²) in [6.45, 7) is 9.15. The number of carbonyl (C=O) groups excluding carboxylic acids is 1. The standard InChI is InChI=1S/C30H39F2N7O4/c1-30(2,3)18-37(10-11-40)9-6-12-43-26-14-23-21(13-25(26)42-4)29(36-20-15-35-38(16-20)17-27(33)41)39(19-34-23)24-8-5-7-22(31)28(24)32/h5,7-8,13-16,34,40H,6,9-12,17-19H2,1-4H3,(H2,33,41). The van der Waals surface area contributed by atoms with Crippen LogP contribution in [0.3, 0.4) is 0 Å². The van der Waals surface area contributed by atoms with E-state index in [1.165, 1.54) is 41.2 Å². The maximum atomic E-state index is 15.0. The third kappa shape index (κ3) is 8.20. The number of fused-ring (bicyclic) bond motifs is 1. The summed E-state index contributed by atoms with van der Waals surface area (Å²) in [6.07, 6.45) is 3.72. The molecule has 4 rings (SSSR count). The number of methoxy groups -OCH3 is 1. The molecular weight excluding hydrogens is 560 g/mol. The van der Waals surface area contributed by atoms with Crippen molar-refractivity contribution in [3.63, 3.8) is 0 Å². The van der Waals surface area contributed by atoms with E-state index in [0.717, 1.165) is 25.6 Å². The molecule has 1 aliphatic rings. The number of hydrogen-bond donors (Lipinski definition) is 3. The van der Waals surface area contributed by atoms with Gasteiger partial charge in [0.25, 0.3) is 0 Å². The van der Waals surface area contributed by atoms with Crippen molar-refractivity contribution in [2.75, 3.05) is 56.8 Å². The van der Waals surface area contributed by atoms with E-state index >= 15 is 0 Å². The highest BCUT2D eigenvalue weighted by Gasteiger charge is 2.29. The van der Waals surface area contributed by atoms with Crippen LogP contribution < -0.4 is 25.4 Å². The summed E-state index contributed by atoms with van der Waals surface area (Å²) in [4.78, 5) is 19.8. The molecular formula is C30H39F2N7O4. The zero-order valence-corrected chi connectivity index (χ0v) is 24.9. The average Bonchev–Trinajstić information content (AvgIpc) is 3.37. The van der Waals surface area contributed by atoms with Gasteiger partial charge >= 0.3 is 0 Å². The molecule has 43 heavy (non-hydrogen) atoms. The molecule has 2 heterocycles. The van der Waals surface area contributed by atoms with Crippen molar-refractivity contribution in [3.8, 4) is 11.5 Å². The molecule has 1 aromatic heterocycles. The number of hydrogen-bond acceptors (Lipinski definition) is 8. The van der Waals surface area contributed by atoms with Crippen LogP contribution in [0.4, 0.5) is 25.8 Å². The predicted octanol–water partition coefficient (Wildman–Crippen LogP) is 3.73. The van der Waals surface area contributed by atoms with Crippen LogP contribution in [0.5, 0.6) is 11.5 Å². The Labute approximate surface area is 249 Å². The minimum absolute atomic E-state index is 0.0107. The Morgan fingerprint density at radius 2 is 2.02 bits per heavy atom. The first-order valence-corrected chi connectivity index (χ1v) is 14.0. The number of aromatic nitrogens is 2. The topological polar surface area (TPSA) is 130 Å². The Kier molecular flexibility index (Phi) is 10.2. The molecule has 1 aliphatic heterocycles. The number of aliphatic imine (C=N–C) groups is 1. The van der Waals surface area contributed by atoms with Crippen LogP contribution in [-0.2, 0) is 11.3 Å². The van der Waals surface area contributed by atoms with Gasteiger partial charge in [0, 0.05) is 31.3 Å². The van der Waals surface area contributed by atoms with Gasteiger partial charge in [-0.05, 0) is 30.0 Å². The van der Waals surface area contributed by atoms with Gasteiger partial charge in [-0.2, -0.15) is 5.10 Å². The van der Waals surface area contributed by atoms with Crippen molar-refractivity contribution in [1.82, 2.24) is 14.7 Å². The lowest BCUT2D eigenvalue weighted by molar-refractivity contribution is -0.118. The van der Waals surface area contributed by atoms with Gasteiger partial charge in [-0.25, -0.2) is 13.8 Å². The van der Waals surface area contributed by atoms with Crippen LogP contribution in [0, 0.1) is 17.0 Å². The van der Waals surface area contributed by atoms with E-state index in [1.807, 2.05) is 0 Å². The SMILES string of the molecule is COc1cc2c(cc1OCCCN(CCO)CC(C)(C)C)NCN(c1cccc(F)c1F)C2=Nc1cnn(CC(N)=O)c1. The molecule has 0 spiro atoms. The second kappa shape index (κ2) is 13.8. The fourth-order valence-corrected chi connectivity index (χ4v) is 4.90. The number of amidine groups is 1. The molecule has 2 aromatic carbocycles. The monoisotopic (exact) mass is 599 g/mol. The lowest BCUT2D eigenvalue weighted by atomic mass is 9.96. The highest BCUT2D eigenvalue weighted by molar-refractivity contribution is 6.16. The highest BCUT2D eigenvalue weighted by Crippen LogP contribution is 2.38. The molecule has 0 atom stereocenters. The lowest BCUT2D eigenvalue weighted by Crippen LogP contribution is -2.41. The largest absolute Gasteiger partial charge is 0.493 e. The van der Waals surface area contributed by atoms with E-state index in [4.69, 9.17) is 20.2 Å². The number of amides is 1. The number of benzene rings is 2. The van der Waals surface area contributed by atoms with Crippen molar-refractivity contribution in [2.24, 2.45) is 16.1 Å². The van der Waals surface area contributed by atoms with E-state index in [0.29, 0.717) is 47.4 Å². The van der Waals surface area contributed by atoms with Gasteiger partial charge in [0.05, 0.1) is 50.8 Å². The lowest BCUT2D eigenvalue weighted by Gasteiger charge is -2.33. The Bertz CT molecular complexity index is 1450. The van der Waals surface area contributed by atoms with E-state index in [-0.39, 0.29) is 30.9 Å². The van der Waals surface area contributed by atoms with E-state index in [9.17, 15) is 18.7 Å². The summed E-state index contributed by atoms with van der Waals surface area (Å²) >= 11 is 0. The summed E-state index contributed by atoms with van der Waals surface area (Å²) in [5.74, 6) is -1.32. The maximum absolute atomic E-state index is 15.0. The quantitative estimate of drug-likeness (QED) is 0.254.